The number of thioether (sulfide) groups is 1. The summed E-state index contributed by atoms with van der Waals surface area (Å²) in [6, 6.07) is 15.1. The van der Waals surface area contributed by atoms with Crippen LogP contribution in [0.1, 0.15) is 32.7 Å². The van der Waals surface area contributed by atoms with Crippen LogP contribution in [0.2, 0.25) is 0 Å². The van der Waals surface area contributed by atoms with Crippen molar-refractivity contribution in [3.05, 3.63) is 70.5 Å². The summed E-state index contributed by atoms with van der Waals surface area (Å²) >= 11 is 1.30. The molecular formula is C21H16N6OS. The Labute approximate surface area is 172 Å². The third-order valence-corrected chi connectivity index (χ3v) is 5.42. The molecule has 0 atom stereocenters. The van der Waals surface area contributed by atoms with Crippen LogP contribution < -0.4 is 11.5 Å². The van der Waals surface area contributed by atoms with Gasteiger partial charge >= 0.3 is 0 Å². The summed E-state index contributed by atoms with van der Waals surface area (Å²) < 4.78 is 0. The van der Waals surface area contributed by atoms with Gasteiger partial charge in [-0.2, -0.15) is 10.5 Å². The fourth-order valence-corrected chi connectivity index (χ4v) is 3.98. The van der Waals surface area contributed by atoms with Gasteiger partial charge in [-0.1, -0.05) is 30.3 Å². The molecule has 4 N–H and O–H groups in total. The first-order valence-corrected chi connectivity index (χ1v) is 9.52. The number of pyridine rings is 2. The number of aromatic nitrogens is 2. The van der Waals surface area contributed by atoms with Crippen LogP contribution in [0.4, 0.5) is 5.82 Å². The maximum absolute atomic E-state index is 11.5. The van der Waals surface area contributed by atoms with E-state index >= 15 is 0 Å². The van der Waals surface area contributed by atoms with Gasteiger partial charge in [0.15, 0.2) is 0 Å². The van der Waals surface area contributed by atoms with E-state index in [9.17, 15) is 15.3 Å². The van der Waals surface area contributed by atoms with E-state index in [1.807, 2.05) is 30.3 Å². The van der Waals surface area contributed by atoms with Gasteiger partial charge in [-0.25, -0.2) is 4.98 Å². The number of hydrogen-bond donors (Lipinski definition) is 2. The van der Waals surface area contributed by atoms with E-state index in [-0.39, 0.29) is 22.6 Å². The summed E-state index contributed by atoms with van der Waals surface area (Å²) in [4.78, 5) is 19.8. The molecule has 3 aromatic rings. The number of carbonyl (C=O) groups excluding carboxylic acids is 1. The van der Waals surface area contributed by atoms with E-state index in [2.05, 4.69) is 22.1 Å². The van der Waals surface area contributed by atoms with Gasteiger partial charge in [0.2, 0.25) is 0 Å². The Hall–Kier alpha value is -3.88. The predicted molar refractivity (Wildman–Crippen MR) is 111 cm³/mol. The van der Waals surface area contributed by atoms with E-state index in [1.54, 1.807) is 13.0 Å². The second kappa shape index (κ2) is 8.42. The molecule has 3 rings (SSSR count). The number of nitriles is 2. The maximum Gasteiger partial charge on any atom is 0.267 e. The van der Waals surface area contributed by atoms with Gasteiger partial charge < -0.3 is 11.5 Å². The largest absolute Gasteiger partial charge is 0.383 e. The Morgan fingerprint density at radius 2 is 1.83 bits per heavy atom. The first-order chi connectivity index (χ1) is 14.0. The molecule has 0 aliphatic rings. The Bertz CT molecular complexity index is 1180. The highest BCUT2D eigenvalue weighted by atomic mass is 32.2. The van der Waals surface area contributed by atoms with Gasteiger partial charge in [0.1, 0.15) is 34.2 Å². The lowest BCUT2D eigenvalue weighted by Gasteiger charge is -2.13. The molecule has 7 nitrogen and oxygen atoms in total. The second-order valence-electron chi connectivity index (χ2n) is 6.11. The zero-order valence-electron chi connectivity index (χ0n) is 15.5. The van der Waals surface area contributed by atoms with Gasteiger partial charge in [-0.3, -0.25) is 9.78 Å². The third kappa shape index (κ3) is 3.88. The minimum absolute atomic E-state index is 0.0668. The molecule has 0 radical (unpaired) electrons. The van der Waals surface area contributed by atoms with E-state index in [0.29, 0.717) is 27.5 Å². The van der Waals surface area contributed by atoms with Crippen LogP contribution in [0.5, 0.6) is 0 Å². The molecule has 2 heterocycles. The van der Waals surface area contributed by atoms with Gasteiger partial charge in [0, 0.05) is 17.5 Å². The van der Waals surface area contributed by atoms with E-state index in [1.165, 1.54) is 18.0 Å². The second-order valence-corrected chi connectivity index (χ2v) is 7.08. The highest BCUT2D eigenvalue weighted by Crippen LogP contribution is 2.36. The molecule has 0 spiro atoms. The highest BCUT2D eigenvalue weighted by molar-refractivity contribution is 7.98. The number of nitrogen functional groups attached to an aromatic ring is 1. The van der Waals surface area contributed by atoms with Crippen molar-refractivity contribution in [3.8, 4) is 23.3 Å². The minimum atomic E-state index is -0.598. The van der Waals surface area contributed by atoms with Gasteiger partial charge in [0.25, 0.3) is 5.91 Å². The average molecular weight is 400 g/mol. The summed E-state index contributed by atoms with van der Waals surface area (Å²) in [6.45, 7) is 1.77. The van der Waals surface area contributed by atoms with Gasteiger partial charge in [-0.15, -0.1) is 11.8 Å². The number of carbonyl (C=O) groups is 1. The Morgan fingerprint density at radius 1 is 1.14 bits per heavy atom. The SMILES string of the molecule is Cc1c(CSc2nc(N)c(C#N)c(-c3ccccc3)c2C#N)ccnc1C(N)=O. The van der Waals surface area contributed by atoms with Crippen molar-refractivity contribution in [3.63, 3.8) is 0 Å². The van der Waals surface area contributed by atoms with Crippen molar-refractivity contribution >= 4 is 23.5 Å². The number of nitrogens with two attached hydrogens (primary N) is 2. The quantitative estimate of drug-likeness (QED) is 0.626. The van der Waals surface area contributed by atoms with Crippen molar-refractivity contribution in [1.29, 1.82) is 10.5 Å². The molecule has 0 saturated carbocycles. The molecular weight excluding hydrogens is 384 g/mol. The Morgan fingerprint density at radius 3 is 2.45 bits per heavy atom. The topological polar surface area (TPSA) is 142 Å². The minimum Gasteiger partial charge on any atom is -0.383 e. The van der Waals surface area contributed by atoms with Crippen molar-refractivity contribution in [1.82, 2.24) is 9.97 Å². The number of benzene rings is 1. The monoisotopic (exact) mass is 400 g/mol. The van der Waals surface area contributed by atoms with Crippen molar-refractivity contribution < 1.29 is 4.79 Å². The maximum atomic E-state index is 11.5. The molecule has 8 heteroatoms. The first kappa shape index (κ1) is 19.9. The van der Waals surface area contributed by atoms with Crippen molar-refractivity contribution in [2.45, 2.75) is 17.7 Å². The summed E-state index contributed by atoms with van der Waals surface area (Å²) in [7, 11) is 0. The number of nitrogens with zero attached hydrogens (tertiary/aromatic N) is 4. The summed E-state index contributed by atoms with van der Waals surface area (Å²) in [5.41, 5.74) is 14.8. The number of primary amides is 1. The predicted octanol–water partition coefficient (Wildman–Crippen LogP) is 3.17. The zero-order chi connectivity index (χ0) is 21.0. The number of hydrogen-bond acceptors (Lipinski definition) is 7. The lowest BCUT2D eigenvalue weighted by molar-refractivity contribution is 0.0995. The van der Waals surface area contributed by atoms with Crippen LogP contribution in [0.25, 0.3) is 11.1 Å². The molecule has 0 saturated heterocycles. The molecule has 0 bridgehead atoms. The van der Waals surface area contributed by atoms with Crippen LogP contribution in [0.3, 0.4) is 0 Å². The average Bonchev–Trinajstić information content (AvgIpc) is 2.72. The zero-order valence-corrected chi connectivity index (χ0v) is 16.3. The van der Waals surface area contributed by atoms with Crippen LogP contribution in [-0.4, -0.2) is 15.9 Å². The number of anilines is 1. The first-order valence-electron chi connectivity index (χ1n) is 8.54. The number of amides is 1. The van der Waals surface area contributed by atoms with Crippen molar-refractivity contribution in [2.75, 3.05) is 5.73 Å². The van der Waals surface area contributed by atoms with Gasteiger partial charge in [0.05, 0.1) is 5.56 Å². The molecule has 29 heavy (non-hydrogen) atoms. The lowest BCUT2D eigenvalue weighted by atomic mass is 9.97. The fraction of sp³-hybridized carbons (Fsp3) is 0.0952. The van der Waals surface area contributed by atoms with Crippen LogP contribution in [0.15, 0.2) is 47.6 Å². The van der Waals surface area contributed by atoms with E-state index < -0.39 is 5.91 Å². The summed E-state index contributed by atoms with van der Waals surface area (Å²) in [5.74, 6) is -0.105. The third-order valence-electron chi connectivity index (χ3n) is 4.39. The van der Waals surface area contributed by atoms with E-state index in [4.69, 9.17) is 11.5 Å². The standard InChI is InChI=1S/C21H16N6OS/c1-12-14(7-8-26-18(12)20(25)28)11-29-21-16(10-23)17(13-5-3-2-4-6-13)15(9-22)19(24)27-21/h2-8H,11H2,1H3,(H2,24,27)(H2,25,28). The molecule has 142 valence electrons. The molecule has 0 aliphatic carbocycles. The number of rotatable bonds is 5. The highest BCUT2D eigenvalue weighted by Gasteiger charge is 2.21. The van der Waals surface area contributed by atoms with Crippen LogP contribution in [0, 0.1) is 29.6 Å². The smallest absolute Gasteiger partial charge is 0.267 e. The lowest BCUT2D eigenvalue weighted by Crippen LogP contribution is -2.15. The van der Waals surface area contributed by atoms with Gasteiger partial charge in [-0.05, 0) is 29.7 Å². The van der Waals surface area contributed by atoms with Crippen LogP contribution >= 0.6 is 11.8 Å². The molecule has 0 aliphatic heterocycles. The van der Waals surface area contributed by atoms with E-state index in [0.717, 1.165) is 5.56 Å². The normalized spacial score (nSPS) is 10.2. The Balaban J connectivity index is 2.07. The van der Waals surface area contributed by atoms with Crippen LogP contribution in [-0.2, 0) is 5.75 Å². The molecule has 1 aromatic carbocycles. The fourth-order valence-electron chi connectivity index (χ4n) is 2.92. The summed E-state index contributed by atoms with van der Waals surface area (Å²) in [5, 5.41) is 19.8. The summed E-state index contributed by atoms with van der Waals surface area (Å²) in [6.07, 6.45) is 1.52. The Kier molecular flexibility index (Phi) is 5.77. The molecule has 1 amide bonds. The van der Waals surface area contributed by atoms with Crippen molar-refractivity contribution in [2.24, 2.45) is 5.73 Å². The molecule has 2 aromatic heterocycles. The molecule has 0 unspecified atom stereocenters. The molecule has 0 fully saturated rings.